The number of nitriles is 1. The molecule has 0 N–H and O–H groups in total. The lowest BCUT2D eigenvalue weighted by atomic mass is 9.94. The van der Waals surface area contributed by atoms with Crippen LogP contribution in [0, 0.1) is 17.2 Å². The van der Waals surface area contributed by atoms with Crippen molar-refractivity contribution in [3.8, 4) is 6.07 Å². The Morgan fingerprint density at radius 3 is 2.59 bits per heavy atom. The Morgan fingerprint density at radius 1 is 1.24 bits per heavy atom. The fourth-order valence-corrected chi connectivity index (χ4v) is 2.52. The molecule has 0 aromatic heterocycles. The van der Waals surface area contributed by atoms with Crippen LogP contribution in [0.15, 0.2) is 24.3 Å². The van der Waals surface area contributed by atoms with E-state index in [0.29, 0.717) is 6.04 Å². The lowest BCUT2D eigenvalue weighted by molar-refractivity contribution is 0.117. The number of hydrogen-bond acceptors (Lipinski definition) is 2. The molecular formula is C15H20N2. The molecule has 0 amide bonds. The van der Waals surface area contributed by atoms with Gasteiger partial charge in [0.15, 0.2) is 0 Å². The second-order valence-corrected chi connectivity index (χ2v) is 5.27. The molecule has 0 aliphatic carbocycles. The summed E-state index contributed by atoms with van der Waals surface area (Å²) in [5.41, 5.74) is 2.05. The number of nitrogens with zero attached hydrogens (tertiary/aromatic N) is 2. The molecule has 2 heteroatoms. The van der Waals surface area contributed by atoms with Gasteiger partial charge in [-0.1, -0.05) is 19.1 Å². The van der Waals surface area contributed by atoms with Gasteiger partial charge in [0.25, 0.3) is 0 Å². The van der Waals surface area contributed by atoms with Gasteiger partial charge in [-0.3, -0.25) is 4.90 Å². The first-order valence-electron chi connectivity index (χ1n) is 6.42. The van der Waals surface area contributed by atoms with Gasteiger partial charge in [-0.05, 0) is 43.4 Å². The molecule has 2 unspecified atom stereocenters. The average Bonchev–Trinajstić information content (AvgIpc) is 2.35. The highest BCUT2D eigenvalue weighted by atomic mass is 15.2. The summed E-state index contributed by atoms with van der Waals surface area (Å²) >= 11 is 0. The molecular weight excluding hydrogens is 208 g/mol. The fraction of sp³-hybridized carbons (Fsp3) is 0.533. The van der Waals surface area contributed by atoms with Crippen LogP contribution in [0.25, 0.3) is 0 Å². The van der Waals surface area contributed by atoms with Crippen LogP contribution in [-0.4, -0.2) is 17.5 Å². The molecule has 2 atom stereocenters. The molecule has 0 spiro atoms. The van der Waals surface area contributed by atoms with Crippen molar-refractivity contribution in [2.24, 2.45) is 5.92 Å². The van der Waals surface area contributed by atoms with E-state index in [1.54, 1.807) is 0 Å². The first-order valence-corrected chi connectivity index (χ1v) is 6.42. The summed E-state index contributed by atoms with van der Waals surface area (Å²) in [5.74, 6) is 0.810. The van der Waals surface area contributed by atoms with E-state index in [0.717, 1.165) is 18.0 Å². The standard InChI is InChI=1S/C15H20N2/c1-12-3-4-13(2)17(10-12)11-15-7-5-14(9-16)6-8-15/h5-8,12-13H,3-4,10-11H2,1-2H3. The third kappa shape index (κ3) is 3.08. The maximum Gasteiger partial charge on any atom is 0.0991 e. The van der Waals surface area contributed by atoms with E-state index in [-0.39, 0.29) is 0 Å². The number of hydrogen-bond donors (Lipinski definition) is 0. The summed E-state index contributed by atoms with van der Waals surface area (Å²) in [6, 6.07) is 10.8. The van der Waals surface area contributed by atoms with Gasteiger partial charge < -0.3 is 0 Å². The zero-order valence-electron chi connectivity index (χ0n) is 10.7. The van der Waals surface area contributed by atoms with Crippen molar-refractivity contribution in [2.75, 3.05) is 6.54 Å². The minimum atomic E-state index is 0.682. The van der Waals surface area contributed by atoms with E-state index in [4.69, 9.17) is 5.26 Å². The van der Waals surface area contributed by atoms with Crippen molar-refractivity contribution < 1.29 is 0 Å². The minimum Gasteiger partial charge on any atom is -0.296 e. The predicted octanol–water partition coefficient (Wildman–Crippen LogP) is 3.18. The van der Waals surface area contributed by atoms with Crippen LogP contribution < -0.4 is 0 Å². The average molecular weight is 228 g/mol. The van der Waals surface area contributed by atoms with E-state index in [1.165, 1.54) is 24.9 Å². The highest BCUT2D eigenvalue weighted by Gasteiger charge is 2.22. The number of piperidine rings is 1. The van der Waals surface area contributed by atoms with E-state index in [9.17, 15) is 0 Å². The van der Waals surface area contributed by atoms with E-state index in [2.05, 4.69) is 36.9 Å². The Morgan fingerprint density at radius 2 is 1.94 bits per heavy atom. The Bertz CT molecular complexity index is 402. The number of benzene rings is 1. The van der Waals surface area contributed by atoms with Gasteiger partial charge in [0.1, 0.15) is 0 Å². The maximum atomic E-state index is 8.77. The van der Waals surface area contributed by atoms with Crippen LogP contribution in [0.1, 0.15) is 37.8 Å². The molecule has 1 aromatic rings. The first kappa shape index (κ1) is 12.1. The summed E-state index contributed by atoms with van der Waals surface area (Å²) in [4.78, 5) is 2.55. The van der Waals surface area contributed by atoms with Crippen LogP contribution in [0.4, 0.5) is 0 Å². The van der Waals surface area contributed by atoms with E-state index in [1.807, 2.05) is 12.1 Å². The SMILES string of the molecule is CC1CCC(C)N(Cc2ccc(C#N)cc2)C1. The minimum absolute atomic E-state index is 0.682. The van der Waals surface area contributed by atoms with Crippen molar-refractivity contribution >= 4 is 0 Å². The van der Waals surface area contributed by atoms with Crippen molar-refractivity contribution in [1.82, 2.24) is 4.90 Å². The Balaban J connectivity index is 2.01. The molecule has 17 heavy (non-hydrogen) atoms. The summed E-state index contributed by atoms with van der Waals surface area (Å²) in [6.45, 7) is 6.85. The van der Waals surface area contributed by atoms with E-state index >= 15 is 0 Å². The topological polar surface area (TPSA) is 27.0 Å². The number of likely N-dealkylation sites (tertiary alicyclic amines) is 1. The summed E-state index contributed by atoms with van der Waals surface area (Å²) in [5, 5.41) is 8.77. The second-order valence-electron chi connectivity index (χ2n) is 5.27. The molecule has 0 saturated carbocycles. The highest BCUT2D eigenvalue weighted by molar-refractivity contribution is 5.31. The molecule has 1 saturated heterocycles. The van der Waals surface area contributed by atoms with Crippen molar-refractivity contribution in [3.05, 3.63) is 35.4 Å². The zero-order valence-corrected chi connectivity index (χ0v) is 10.7. The van der Waals surface area contributed by atoms with Crippen LogP contribution in [0.2, 0.25) is 0 Å². The monoisotopic (exact) mass is 228 g/mol. The van der Waals surface area contributed by atoms with Crippen LogP contribution in [0.3, 0.4) is 0 Å². The molecule has 2 nitrogen and oxygen atoms in total. The molecule has 1 aromatic carbocycles. The molecule has 1 fully saturated rings. The second kappa shape index (κ2) is 5.33. The zero-order chi connectivity index (χ0) is 12.3. The van der Waals surface area contributed by atoms with Crippen LogP contribution in [0.5, 0.6) is 0 Å². The molecule has 1 heterocycles. The lowest BCUT2D eigenvalue weighted by Crippen LogP contribution is -2.40. The third-order valence-electron chi connectivity index (χ3n) is 3.72. The van der Waals surface area contributed by atoms with Gasteiger partial charge in [0.05, 0.1) is 11.6 Å². The Labute approximate surface area is 104 Å². The van der Waals surface area contributed by atoms with Gasteiger partial charge >= 0.3 is 0 Å². The molecule has 2 rings (SSSR count). The summed E-state index contributed by atoms with van der Waals surface area (Å²) in [6.07, 6.45) is 2.66. The predicted molar refractivity (Wildman–Crippen MR) is 69.4 cm³/mol. The quantitative estimate of drug-likeness (QED) is 0.777. The molecule has 90 valence electrons. The maximum absolute atomic E-state index is 8.77. The molecule has 0 radical (unpaired) electrons. The molecule has 1 aliphatic heterocycles. The summed E-state index contributed by atoms with van der Waals surface area (Å²) in [7, 11) is 0. The van der Waals surface area contributed by atoms with E-state index < -0.39 is 0 Å². The highest BCUT2D eigenvalue weighted by Crippen LogP contribution is 2.23. The van der Waals surface area contributed by atoms with Crippen molar-refractivity contribution in [2.45, 2.75) is 39.3 Å². The smallest absolute Gasteiger partial charge is 0.0991 e. The molecule has 0 bridgehead atoms. The fourth-order valence-electron chi connectivity index (χ4n) is 2.52. The largest absolute Gasteiger partial charge is 0.296 e. The van der Waals surface area contributed by atoms with Crippen molar-refractivity contribution in [3.63, 3.8) is 0 Å². The molecule has 1 aliphatic rings. The lowest BCUT2D eigenvalue weighted by Gasteiger charge is -2.36. The summed E-state index contributed by atoms with van der Waals surface area (Å²) < 4.78 is 0. The van der Waals surface area contributed by atoms with Gasteiger partial charge in [0.2, 0.25) is 0 Å². The first-order chi connectivity index (χ1) is 8.19. The Kier molecular flexibility index (Phi) is 3.81. The normalized spacial score (nSPS) is 25.5. The van der Waals surface area contributed by atoms with Gasteiger partial charge in [-0.2, -0.15) is 5.26 Å². The number of rotatable bonds is 2. The third-order valence-corrected chi connectivity index (χ3v) is 3.72. The van der Waals surface area contributed by atoms with Gasteiger partial charge in [0, 0.05) is 19.1 Å². The Hall–Kier alpha value is -1.33. The van der Waals surface area contributed by atoms with Crippen LogP contribution >= 0.6 is 0 Å². The van der Waals surface area contributed by atoms with Crippen LogP contribution in [-0.2, 0) is 6.54 Å². The van der Waals surface area contributed by atoms with Gasteiger partial charge in [-0.15, -0.1) is 0 Å². The van der Waals surface area contributed by atoms with Crippen molar-refractivity contribution in [1.29, 1.82) is 5.26 Å². The van der Waals surface area contributed by atoms with Gasteiger partial charge in [-0.25, -0.2) is 0 Å².